The summed E-state index contributed by atoms with van der Waals surface area (Å²) in [6.07, 6.45) is 2.01. The van der Waals surface area contributed by atoms with Gasteiger partial charge in [0.1, 0.15) is 0 Å². The highest BCUT2D eigenvalue weighted by molar-refractivity contribution is 7.15. The highest BCUT2D eigenvalue weighted by Crippen LogP contribution is 2.29. The minimum Gasteiger partial charge on any atom is -0.378 e. The van der Waals surface area contributed by atoms with Crippen LogP contribution in [-0.2, 0) is 4.74 Å². The van der Waals surface area contributed by atoms with Crippen molar-refractivity contribution in [2.24, 2.45) is 0 Å². The Balaban J connectivity index is 1.41. The molecule has 0 saturated carbocycles. The van der Waals surface area contributed by atoms with E-state index in [0.29, 0.717) is 37.4 Å². The highest BCUT2D eigenvalue weighted by atomic mass is 32.1. The first kappa shape index (κ1) is 18.6. The molecular weight excluding hydrogens is 396 g/mol. The van der Waals surface area contributed by atoms with Crippen molar-refractivity contribution in [2.45, 2.75) is 0 Å². The zero-order valence-corrected chi connectivity index (χ0v) is 16.9. The molecule has 0 N–H and O–H groups in total. The number of morpholine rings is 1. The molecule has 0 atom stereocenters. The summed E-state index contributed by atoms with van der Waals surface area (Å²) in [5.74, 6) is 0.0405. The number of fused-ring (bicyclic) bond motifs is 1. The van der Waals surface area contributed by atoms with Gasteiger partial charge in [0.15, 0.2) is 4.96 Å². The van der Waals surface area contributed by atoms with Crippen molar-refractivity contribution in [2.75, 3.05) is 26.3 Å². The van der Waals surface area contributed by atoms with Crippen LogP contribution in [0.2, 0.25) is 0 Å². The molecular formula is C23H18N4O2S. The second-order valence-corrected chi connectivity index (χ2v) is 7.91. The molecule has 1 amide bonds. The molecule has 4 aromatic rings. The molecule has 0 radical (unpaired) electrons. The Morgan fingerprint density at radius 3 is 2.43 bits per heavy atom. The van der Waals surface area contributed by atoms with Crippen molar-refractivity contribution >= 4 is 22.2 Å². The molecule has 0 aliphatic carbocycles. The van der Waals surface area contributed by atoms with Gasteiger partial charge in [0.05, 0.1) is 36.2 Å². The van der Waals surface area contributed by atoms with Crippen molar-refractivity contribution < 1.29 is 9.53 Å². The number of carbonyl (C=O) groups excluding carboxylic acids is 1. The lowest BCUT2D eigenvalue weighted by Gasteiger charge is -2.26. The zero-order chi connectivity index (χ0) is 20.5. The summed E-state index contributed by atoms with van der Waals surface area (Å²) in [6.45, 7) is 2.46. The third-order valence-corrected chi connectivity index (χ3v) is 6.08. The fraction of sp³-hybridized carbons (Fsp3) is 0.174. The highest BCUT2D eigenvalue weighted by Gasteiger charge is 2.18. The van der Waals surface area contributed by atoms with Gasteiger partial charge in [0.25, 0.3) is 5.91 Å². The summed E-state index contributed by atoms with van der Waals surface area (Å²) in [6, 6.07) is 17.3. The summed E-state index contributed by atoms with van der Waals surface area (Å²) in [5.41, 5.74) is 5.23. The monoisotopic (exact) mass is 414 g/mol. The van der Waals surface area contributed by atoms with Crippen LogP contribution < -0.4 is 0 Å². The molecule has 3 heterocycles. The summed E-state index contributed by atoms with van der Waals surface area (Å²) in [4.78, 5) is 20.1. The van der Waals surface area contributed by atoms with E-state index in [-0.39, 0.29) is 5.91 Å². The van der Waals surface area contributed by atoms with Crippen LogP contribution in [0.5, 0.6) is 0 Å². The van der Waals surface area contributed by atoms with Crippen LogP contribution in [-0.4, -0.2) is 46.5 Å². The second-order valence-electron chi connectivity index (χ2n) is 7.07. The molecule has 6 nitrogen and oxygen atoms in total. The lowest BCUT2D eigenvalue weighted by Crippen LogP contribution is -2.40. The third kappa shape index (κ3) is 3.36. The largest absolute Gasteiger partial charge is 0.378 e. The number of rotatable bonds is 3. The molecule has 1 aliphatic rings. The van der Waals surface area contributed by atoms with Gasteiger partial charge in [-0.25, -0.2) is 4.98 Å². The molecule has 0 unspecified atom stereocenters. The molecule has 2 aromatic heterocycles. The van der Waals surface area contributed by atoms with Crippen LogP contribution in [0.25, 0.3) is 27.5 Å². The average molecular weight is 414 g/mol. The van der Waals surface area contributed by atoms with E-state index in [2.05, 4.69) is 15.8 Å². The number of hydrogen-bond acceptors (Lipinski definition) is 5. The quantitative estimate of drug-likeness (QED) is 0.507. The number of imidazole rings is 1. The number of benzene rings is 2. The van der Waals surface area contributed by atoms with Gasteiger partial charge >= 0.3 is 0 Å². The fourth-order valence-corrected chi connectivity index (χ4v) is 4.46. The maximum atomic E-state index is 12.6. The Labute approximate surface area is 177 Å². The Bertz CT molecular complexity index is 1240. The minimum atomic E-state index is 0.0405. The van der Waals surface area contributed by atoms with Gasteiger partial charge in [-0.15, -0.1) is 11.3 Å². The standard InChI is InChI=1S/C23H18N4O2S/c24-13-16-1-3-18(4-2-16)21-15-30-23-25-20(14-27(21)23)17-5-7-19(8-6-17)22(28)26-9-11-29-12-10-26/h1-8,14-15H,9-12H2. The van der Waals surface area contributed by atoms with Crippen LogP contribution in [0.1, 0.15) is 15.9 Å². The van der Waals surface area contributed by atoms with Gasteiger partial charge in [0, 0.05) is 35.8 Å². The minimum absolute atomic E-state index is 0.0405. The van der Waals surface area contributed by atoms with Gasteiger partial charge in [0.2, 0.25) is 0 Å². The van der Waals surface area contributed by atoms with E-state index < -0.39 is 0 Å². The second kappa shape index (κ2) is 7.75. The molecule has 1 saturated heterocycles. The van der Waals surface area contributed by atoms with E-state index in [1.807, 2.05) is 59.6 Å². The van der Waals surface area contributed by atoms with Gasteiger partial charge in [-0.2, -0.15) is 5.26 Å². The lowest BCUT2D eigenvalue weighted by molar-refractivity contribution is 0.0303. The predicted octanol–water partition coefficient (Wildman–Crippen LogP) is 4.07. The Morgan fingerprint density at radius 2 is 1.73 bits per heavy atom. The van der Waals surface area contributed by atoms with Crippen LogP contribution in [0, 0.1) is 11.3 Å². The van der Waals surface area contributed by atoms with Crippen LogP contribution >= 0.6 is 11.3 Å². The molecule has 30 heavy (non-hydrogen) atoms. The van der Waals surface area contributed by atoms with Gasteiger partial charge in [-0.3, -0.25) is 9.20 Å². The third-order valence-electron chi connectivity index (χ3n) is 5.24. The number of carbonyl (C=O) groups is 1. The first-order valence-electron chi connectivity index (χ1n) is 9.67. The number of aromatic nitrogens is 2. The SMILES string of the molecule is N#Cc1ccc(-c2csc3nc(-c4ccc(C(=O)N5CCOCC5)cc4)cn23)cc1. The first-order valence-corrected chi connectivity index (χ1v) is 10.6. The summed E-state index contributed by atoms with van der Waals surface area (Å²) >= 11 is 1.58. The molecule has 1 aliphatic heterocycles. The number of hydrogen-bond donors (Lipinski definition) is 0. The fourth-order valence-electron chi connectivity index (χ4n) is 3.58. The van der Waals surface area contributed by atoms with E-state index in [1.54, 1.807) is 11.3 Å². The molecule has 2 aromatic carbocycles. The van der Waals surface area contributed by atoms with Crippen molar-refractivity contribution in [3.8, 4) is 28.6 Å². The van der Waals surface area contributed by atoms with Crippen molar-refractivity contribution in [3.05, 3.63) is 71.2 Å². The molecule has 148 valence electrons. The average Bonchev–Trinajstić information content (AvgIpc) is 3.40. The summed E-state index contributed by atoms with van der Waals surface area (Å²) in [5, 5.41) is 11.1. The van der Waals surface area contributed by atoms with E-state index >= 15 is 0 Å². The van der Waals surface area contributed by atoms with Gasteiger partial charge in [-0.1, -0.05) is 24.3 Å². The Morgan fingerprint density at radius 1 is 1.03 bits per heavy atom. The van der Waals surface area contributed by atoms with E-state index in [4.69, 9.17) is 15.0 Å². The lowest BCUT2D eigenvalue weighted by atomic mass is 10.1. The molecule has 1 fully saturated rings. The maximum absolute atomic E-state index is 12.6. The predicted molar refractivity (Wildman–Crippen MR) is 115 cm³/mol. The molecule has 5 rings (SSSR count). The first-order chi connectivity index (χ1) is 14.7. The normalized spacial score (nSPS) is 14.0. The molecule has 7 heteroatoms. The van der Waals surface area contributed by atoms with Crippen molar-refractivity contribution in [1.82, 2.24) is 14.3 Å². The van der Waals surface area contributed by atoms with Crippen molar-refractivity contribution in [1.29, 1.82) is 5.26 Å². The Kier molecular flexibility index (Phi) is 4.79. The van der Waals surface area contributed by atoms with E-state index in [9.17, 15) is 4.79 Å². The molecule has 0 spiro atoms. The number of thiazole rings is 1. The van der Waals surface area contributed by atoms with Crippen LogP contribution in [0.4, 0.5) is 0 Å². The van der Waals surface area contributed by atoms with Crippen LogP contribution in [0.3, 0.4) is 0 Å². The molecule has 0 bridgehead atoms. The van der Waals surface area contributed by atoms with Gasteiger partial charge < -0.3 is 9.64 Å². The zero-order valence-electron chi connectivity index (χ0n) is 16.1. The van der Waals surface area contributed by atoms with Gasteiger partial charge in [-0.05, 0) is 29.8 Å². The van der Waals surface area contributed by atoms with Crippen molar-refractivity contribution in [3.63, 3.8) is 0 Å². The number of ether oxygens (including phenoxy) is 1. The number of amides is 1. The number of nitriles is 1. The summed E-state index contributed by atoms with van der Waals surface area (Å²) < 4.78 is 7.38. The topological polar surface area (TPSA) is 70.6 Å². The summed E-state index contributed by atoms with van der Waals surface area (Å²) in [7, 11) is 0. The van der Waals surface area contributed by atoms with E-state index in [0.717, 1.165) is 27.5 Å². The van der Waals surface area contributed by atoms with Crippen LogP contribution in [0.15, 0.2) is 60.1 Å². The Hall–Kier alpha value is -3.47. The smallest absolute Gasteiger partial charge is 0.254 e. The number of nitrogens with zero attached hydrogens (tertiary/aromatic N) is 4. The van der Waals surface area contributed by atoms with E-state index in [1.165, 1.54) is 0 Å². The maximum Gasteiger partial charge on any atom is 0.254 e.